The van der Waals surface area contributed by atoms with Gasteiger partial charge in [-0.25, -0.2) is 4.98 Å². The van der Waals surface area contributed by atoms with Gasteiger partial charge < -0.3 is 19.4 Å². The fourth-order valence-electron chi connectivity index (χ4n) is 3.22. The summed E-state index contributed by atoms with van der Waals surface area (Å²) in [5, 5.41) is 4.32. The number of nitrogens with zero attached hydrogens (tertiary/aromatic N) is 2. The lowest BCUT2D eigenvalue weighted by Crippen LogP contribution is -2.24. The molecule has 28 heavy (non-hydrogen) atoms. The van der Waals surface area contributed by atoms with Crippen molar-refractivity contribution in [2.45, 2.75) is 19.9 Å². The lowest BCUT2D eigenvalue weighted by molar-refractivity contribution is -0.125. The number of aryl methyl sites for hydroxylation is 1. The highest BCUT2D eigenvalue weighted by Crippen LogP contribution is 2.27. The third kappa shape index (κ3) is 3.71. The number of fused-ring (bicyclic) bond motifs is 2. The number of aromatic nitrogens is 1. The highest BCUT2D eigenvalue weighted by atomic mass is 16.5. The molecule has 0 bridgehead atoms. The maximum absolute atomic E-state index is 12.5. The minimum absolute atomic E-state index is 0. The van der Waals surface area contributed by atoms with Gasteiger partial charge in [0.15, 0.2) is 11.6 Å². The van der Waals surface area contributed by atoms with Gasteiger partial charge in [0.25, 0.3) is 0 Å². The van der Waals surface area contributed by atoms with E-state index in [0.717, 1.165) is 52.4 Å². The van der Waals surface area contributed by atoms with E-state index in [-0.39, 0.29) is 7.33 Å². The van der Waals surface area contributed by atoms with Crippen molar-refractivity contribution in [3.63, 3.8) is 0 Å². The number of carbonyl (C=O) groups excluding carboxylic acids is 1. The molecule has 0 saturated heterocycles. The fourth-order valence-corrected chi connectivity index (χ4v) is 3.22. The summed E-state index contributed by atoms with van der Waals surface area (Å²) in [4.78, 5) is 18.5. The first-order chi connectivity index (χ1) is 13.6. The minimum Gasteiger partial charge on any atom is -0.490 e. The van der Waals surface area contributed by atoms with Crippen LogP contribution in [0.4, 0.5) is 5.82 Å². The second kappa shape index (κ2) is 7.76. The number of furan rings is 1. The van der Waals surface area contributed by atoms with Crippen molar-refractivity contribution in [1.82, 2.24) is 9.88 Å². The summed E-state index contributed by atoms with van der Waals surface area (Å²) in [6.07, 6.45) is 5.97. The van der Waals surface area contributed by atoms with Gasteiger partial charge in [-0.1, -0.05) is 18.2 Å². The molecule has 6 nitrogen and oxygen atoms in total. The summed E-state index contributed by atoms with van der Waals surface area (Å²) in [6, 6.07) is 9.80. The molecule has 4 rings (SSSR count). The molecule has 2 aromatic heterocycles. The number of carbonyl (C=O) groups is 1. The first-order valence-electron chi connectivity index (χ1n) is 9.39. The average Bonchev–Trinajstić information content (AvgIpc) is 2.88. The molecular weight excluding hydrogens is 354 g/mol. The standard InChI is InChI=1S/C22H23N3O3.H2/c1-15-17-6-3-4-7-18(17)28-20(15)14-25(2)21(26)9-8-16-12-19-22(24-13-16)23-10-5-11-27-19;/h3-4,6-9,12-13H,5,10-11,14H2,1-2H3,(H,23,24);1H/b9-8+;. The largest absolute Gasteiger partial charge is 0.490 e. The van der Waals surface area contributed by atoms with Crippen LogP contribution in [0.25, 0.3) is 17.0 Å². The zero-order valence-electron chi connectivity index (χ0n) is 16.1. The van der Waals surface area contributed by atoms with Crippen LogP contribution in [0.2, 0.25) is 0 Å². The van der Waals surface area contributed by atoms with Gasteiger partial charge >= 0.3 is 0 Å². The van der Waals surface area contributed by atoms with E-state index >= 15 is 0 Å². The van der Waals surface area contributed by atoms with Crippen LogP contribution in [0, 0.1) is 6.92 Å². The third-order valence-electron chi connectivity index (χ3n) is 4.86. The van der Waals surface area contributed by atoms with Crippen LogP contribution in [-0.2, 0) is 11.3 Å². The van der Waals surface area contributed by atoms with E-state index in [0.29, 0.717) is 13.2 Å². The average molecular weight is 379 g/mol. The van der Waals surface area contributed by atoms with E-state index in [1.54, 1.807) is 30.3 Å². The number of pyridine rings is 1. The molecule has 0 fully saturated rings. The molecule has 1 aliphatic rings. The molecule has 146 valence electrons. The molecule has 1 aliphatic heterocycles. The number of para-hydroxylation sites is 1. The van der Waals surface area contributed by atoms with Crippen molar-refractivity contribution in [3.8, 4) is 5.75 Å². The maximum Gasteiger partial charge on any atom is 0.246 e. The molecule has 1 aromatic carbocycles. The van der Waals surface area contributed by atoms with Gasteiger partial charge in [-0.15, -0.1) is 0 Å². The first-order valence-corrected chi connectivity index (χ1v) is 9.39. The van der Waals surface area contributed by atoms with Crippen LogP contribution >= 0.6 is 0 Å². The molecule has 0 unspecified atom stereocenters. The van der Waals surface area contributed by atoms with Crippen LogP contribution in [0.15, 0.2) is 47.0 Å². The molecule has 0 spiro atoms. The zero-order chi connectivity index (χ0) is 19.5. The summed E-state index contributed by atoms with van der Waals surface area (Å²) in [5.41, 5.74) is 2.74. The van der Waals surface area contributed by atoms with Gasteiger partial charge in [0.05, 0.1) is 13.2 Å². The van der Waals surface area contributed by atoms with Gasteiger partial charge in [0, 0.05) is 38.2 Å². The highest BCUT2D eigenvalue weighted by molar-refractivity contribution is 5.91. The fraction of sp³-hybridized carbons (Fsp3) is 0.273. The highest BCUT2D eigenvalue weighted by Gasteiger charge is 2.14. The van der Waals surface area contributed by atoms with E-state index in [9.17, 15) is 4.79 Å². The number of nitrogens with one attached hydrogen (secondary N) is 1. The van der Waals surface area contributed by atoms with Gasteiger partial charge in [-0.3, -0.25) is 4.79 Å². The van der Waals surface area contributed by atoms with E-state index in [1.807, 2.05) is 37.3 Å². The van der Waals surface area contributed by atoms with Gasteiger partial charge in [0.1, 0.15) is 11.3 Å². The van der Waals surface area contributed by atoms with E-state index < -0.39 is 0 Å². The van der Waals surface area contributed by atoms with Gasteiger partial charge in [-0.2, -0.15) is 0 Å². The number of amides is 1. The number of anilines is 1. The van der Waals surface area contributed by atoms with Crippen LogP contribution in [0.3, 0.4) is 0 Å². The summed E-state index contributed by atoms with van der Waals surface area (Å²) >= 11 is 0. The lowest BCUT2D eigenvalue weighted by atomic mass is 10.1. The Hall–Kier alpha value is -3.28. The Morgan fingerprint density at radius 3 is 3.11 bits per heavy atom. The molecule has 1 N–H and O–H groups in total. The second-order valence-electron chi connectivity index (χ2n) is 6.92. The molecule has 3 aromatic rings. The molecule has 6 heteroatoms. The van der Waals surface area contributed by atoms with Crippen molar-refractivity contribution in [1.29, 1.82) is 0 Å². The Morgan fingerprint density at radius 1 is 1.39 bits per heavy atom. The normalized spacial score (nSPS) is 13.6. The van der Waals surface area contributed by atoms with E-state index in [1.165, 1.54) is 0 Å². The Morgan fingerprint density at radius 2 is 2.25 bits per heavy atom. The van der Waals surface area contributed by atoms with Crippen molar-refractivity contribution in [3.05, 3.63) is 59.5 Å². The quantitative estimate of drug-likeness (QED) is 0.687. The molecule has 0 radical (unpaired) electrons. The van der Waals surface area contributed by atoms with E-state index in [2.05, 4.69) is 10.3 Å². The summed E-state index contributed by atoms with van der Waals surface area (Å²) < 4.78 is 11.6. The third-order valence-corrected chi connectivity index (χ3v) is 4.86. The summed E-state index contributed by atoms with van der Waals surface area (Å²) in [7, 11) is 1.77. The smallest absolute Gasteiger partial charge is 0.246 e. The SMILES string of the molecule is Cc1c(CN(C)C(=O)/C=C/c2cnc3c(c2)OCCCN3)oc2ccccc12.[HH]. The molecule has 0 atom stereocenters. The van der Waals surface area contributed by atoms with Crippen LogP contribution in [0.5, 0.6) is 5.75 Å². The van der Waals surface area contributed by atoms with Crippen molar-refractivity contribution in [2.24, 2.45) is 0 Å². The molecular formula is C22H25N3O3. The van der Waals surface area contributed by atoms with E-state index in [4.69, 9.17) is 9.15 Å². The molecule has 1 amide bonds. The van der Waals surface area contributed by atoms with Crippen molar-refractivity contribution < 1.29 is 15.4 Å². The number of benzene rings is 1. The second-order valence-corrected chi connectivity index (χ2v) is 6.92. The van der Waals surface area contributed by atoms with Crippen LogP contribution < -0.4 is 10.1 Å². The number of ether oxygens (including phenoxy) is 1. The number of rotatable bonds is 4. The summed E-state index contributed by atoms with van der Waals surface area (Å²) in [5.74, 6) is 2.17. The first kappa shape index (κ1) is 18.1. The Labute approximate surface area is 165 Å². The number of hydrogen-bond donors (Lipinski definition) is 1. The van der Waals surface area contributed by atoms with Crippen molar-refractivity contribution >= 4 is 28.8 Å². The van der Waals surface area contributed by atoms with Gasteiger partial charge in [-0.05, 0) is 37.1 Å². The molecule has 0 saturated carbocycles. The Kier molecular flexibility index (Phi) is 5.02. The predicted octanol–water partition coefficient (Wildman–Crippen LogP) is 4.25. The number of likely N-dealkylation sites (N-methyl/N-ethyl adjacent to an activating group) is 1. The van der Waals surface area contributed by atoms with Crippen LogP contribution in [0.1, 0.15) is 24.7 Å². The summed E-state index contributed by atoms with van der Waals surface area (Å²) in [6.45, 7) is 3.94. The topological polar surface area (TPSA) is 67.6 Å². The van der Waals surface area contributed by atoms with Crippen molar-refractivity contribution in [2.75, 3.05) is 25.5 Å². The zero-order valence-corrected chi connectivity index (χ0v) is 16.1. The van der Waals surface area contributed by atoms with Crippen LogP contribution in [-0.4, -0.2) is 36.0 Å². The Balaban J connectivity index is 0.00000240. The minimum atomic E-state index is -0.103. The monoisotopic (exact) mass is 379 g/mol. The number of hydrogen-bond acceptors (Lipinski definition) is 5. The lowest BCUT2D eigenvalue weighted by Gasteiger charge is -2.14. The molecule has 3 heterocycles. The predicted molar refractivity (Wildman–Crippen MR) is 111 cm³/mol. The Bertz CT molecular complexity index is 1040. The molecule has 0 aliphatic carbocycles. The maximum atomic E-state index is 12.5. The van der Waals surface area contributed by atoms with Gasteiger partial charge in [0.2, 0.25) is 5.91 Å².